The second-order valence-electron chi connectivity index (χ2n) is 3.80. The zero-order valence-corrected chi connectivity index (χ0v) is 12.0. The summed E-state index contributed by atoms with van der Waals surface area (Å²) < 4.78 is 1.46. The van der Waals surface area contributed by atoms with Crippen molar-refractivity contribution in [2.45, 2.75) is 34.6 Å². The molecule has 0 atom stereocenters. The average molecular weight is 309 g/mol. The summed E-state index contributed by atoms with van der Waals surface area (Å²) in [6.45, 7) is 11.2. The minimum atomic E-state index is 0. The quantitative estimate of drug-likeness (QED) is 0.593. The zero-order chi connectivity index (χ0) is 8.81. The van der Waals surface area contributed by atoms with Gasteiger partial charge in [-0.05, 0) is 0 Å². The average Bonchev–Trinajstić information content (AvgIpc) is 2.06. The first-order valence-electron chi connectivity index (χ1n) is 3.93. The molecule has 0 aromatic carbocycles. The van der Waals surface area contributed by atoms with E-state index in [2.05, 4.69) is 52.9 Å². The van der Waals surface area contributed by atoms with Crippen LogP contribution < -0.4 is 0 Å². The Morgan fingerprint density at radius 1 is 0.923 bits per heavy atom. The van der Waals surface area contributed by atoms with Gasteiger partial charge in [-0.2, -0.15) is 0 Å². The van der Waals surface area contributed by atoms with Gasteiger partial charge in [0.05, 0.1) is 0 Å². The predicted octanol–water partition coefficient (Wildman–Crippen LogP) is 4.03. The van der Waals surface area contributed by atoms with Gasteiger partial charge < -0.3 is 0 Å². The molecule has 0 radical (unpaired) electrons. The van der Waals surface area contributed by atoms with Gasteiger partial charge in [-0.1, -0.05) is 0 Å². The van der Waals surface area contributed by atoms with Gasteiger partial charge in [-0.25, -0.2) is 0 Å². The SMILES string of the molecule is CC1=C(C)C(C)(C)[C]([Ru])=C1C.Cl.Cl. The summed E-state index contributed by atoms with van der Waals surface area (Å²) in [6.07, 6.45) is 0. The van der Waals surface area contributed by atoms with Gasteiger partial charge in [-0.3, -0.25) is 0 Å². The molecule has 0 spiro atoms. The Morgan fingerprint density at radius 3 is 1.38 bits per heavy atom. The van der Waals surface area contributed by atoms with Gasteiger partial charge in [0.15, 0.2) is 0 Å². The molecular weight excluding hydrogens is 292 g/mol. The number of rotatable bonds is 0. The van der Waals surface area contributed by atoms with Gasteiger partial charge in [-0.15, -0.1) is 24.8 Å². The van der Waals surface area contributed by atoms with Gasteiger partial charge in [0.25, 0.3) is 0 Å². The van der Waals surface area contributed by atoms with E-state index in [-0.39, 0.29) is 30.2 Å². The van der Waals surface area contributed by atoms with Crippen molar-refractivity contribution in [1.82, 2.24) is 0 Å². The Hall–Kier alpha value is 0.683. The van der Waals surface area contributed by atoms with Crippen LogP contribution in [0.3, 0.4) is 0 Å². The summed E-state index contributed by atoms with van der Waals surface area (Å²) >= 11 is 2.77. The van der Waals surface area contributed by atoms with Crippen LogP contribution in [0.25, 0.3) is 0 Å². The van der Waals surface area contributed by atoms with Crippen molar-refractivity contribution in [3.63, 3.8) is 0 Å². The van der Waals surface area contributed by atoms with E-state index < -0.39 is 0 Å². The van der Waals surface area contributed by atoms with E-state index in [0.717, 1.165) is 0 Å². The molecule has 1 aliphatic rings. The first kappa shape index (κ1) is 16.1. The van der Waals surface area contributed by atoms with Crippen LogP contribution >= 0.6 is 24.8 Å². The Bertz CT molecular complexity index is 236. The van der Waals surface area contributed by atoms with Crippen molar-refractivity contribution in [3.05, 3.63) is 20.9 Å². The van der Waals surface area contributed by atoms with Crippen LogP contribution in [-0.2, 0) is 18.3 Å². The summed E-state index contributed by atoms with van der Waals surface area (Å²) in [5.41, 5.74) is 4.74. The maximum Gasteiger partial charge on any atom is -0.147 e. The number of hydrogen-bond donors (Lipinski definition) is 0. The number of halogens is 2. The van der Waals surface area contributed by atoms with Crippen molar-refractivity contribution < 1.29 is 18.3 Å². The van der Waals surface area contributed by atoms with E-state index in [1.807, 2.05) is 0 Å². The van der Waals surface area contributed by atoms with E-state index in [1.54, 1.807) is 0 Å². The van der Waals surface area contributed by atoms with E-state index in [4.69, 9.17) is 0 Å². The zero-order valence-electron chi connectivity index (χ0n) is 8.67. The summed E-state index contributed by atoms with van der Waals surface area (Å²) in [6, 6.07) is 0. The third-order valence-electron chi connectivity index (χ3n) is 2.92. The van der Waals surface area contributed by atoms with Crippen molar-refractivity contribution >= 4 is 24.8 Å². The Morgan fingerprint density at radius 2 is 1.31 bits per heavy atom. The summed E-state index contributed by atoms with van der Waals surface area (Å²) in [5.74, 6) is 0. The third kappa shape index (κ3) is 2.38. The Kier molecular flexibility index (Phi) is 6.15. The van der Waals surface area contributed by atoms with Crippen LogP contribution in [0.15, 0.2) is 20.9 Å². The molecule has 0 nitrogen and oxygen atoms in total. The molecule has 0 heterocycles. The molecule has 0 aromatic heterocycles. The van der Waals surface area contributed by atoms with Gasteiger partial charge in [0, 0.05) is 0 Å². The standard InChI is InChI=1S/C10H15.2ClH.Ru/c1-7-6-10(4,5)9(3)8(7)2;;;/h1-5H3;2*1H;. The van der Waals surface area contributed by atoms with E-state index in [0.29, 0.717) is 0 Å². The van der Waals surface area contributed by atoms with E-state index >= 15 is 0 Å². The smallest absolute Gasteiger partial charge is 0.147 e. The molecule has 1 rings (SSSR count). The molecule has 3 heteroatoms. The van der Waals surface area contributed by atoms with E-state index in [1.165, 1.54) is 20.9 Å². The topological polar surface area (TPSA) is 0 Å². The van der Waals surface area contributed by atoms with Crippen LogP contribution in [0.4, 0.5) is 0 Å². The summed E-state index contributed by atoms with van der Waals surface area (Å²) in [4.78, 5) is 0. The molecule has 13 heavy (non-hydrogen) atoms. The van der Waals surface area contributed by atoms with E-state index in [9.17, 15) is 0 Å². The maximum absolute atomic E-state index is 2.77. The van der Waals surface area contributed by atoms with Crippen LogP contribution in [-0.4, -0.2) is 0 Å². The van der Waals surface area contributed by atoms with Crippen molar-refractivity contribution in [1.29, 1.82) is 0 Å². The molecule has 0 unspecified atom stereocenters. The molecule has 0 aliphatic heterocycles. The molecule has 0 aromatic rings. The van der Waals surface area contributed by atoms with Crippen LogP contribution in [0.2, 0.25) is 0 Å². The van der Waals surface area contributed by atoms with Gasteiger partial charge in [0.2, 0.25) is 0 Å². The fourth-order valence-corrected chi connectivity index (χ4v) is 2.19. The van der Waals surface area contributed by atoms with Gasteiger partial charge >= 0.3 is 79.2 Å². The molecule has 0 amide bonds. The Balaban J connectivity index is 0. The fourth-order valence-electron chi connectivity index (χ4n) is 1.54. The van der Waals surface area contributed by atoms with Crippen molar-refractivity contribution in [2.75, 3.05) is 0 Å². The molecular formula is C10H17Cl2Ru. The molecule has 0 saturated carbocycles. The predicted molar refractivity (Wildman–Crippen MR) is 59.4 cm³/mol. The molecule has 0 N–H and O–H groups in total. The van der Waals surface area contributed by atoms with Gasteiger partial charge in [0.1, 0.15) is 0 Å². The summed E-state index contributed by atoms with van der Waals surface area (Å²) in [5, 5.41) is 0. The third-order valence-corrected chi connectivity index (χ3v) is 4.65. The van der Waals surface area contributed by atoms with Crippen LogP contribution in [0.1, 0.15) is 34.6 Å². The molecule has 0 bridgehead atoms. The monoisotopic (exact) mass is 309 g/mol. The number of allylic oxidation sites excluding steroid dienone is 4. The van der Waals surface area contributed by atoms with Crippen LogP contribution in [0.5, 0.6) is 0 Å². The van der Waals surface area contributed by atoms with Crippen molar-refractivity contribution in [2.24, 2.45) is 5.41 Å². The second-order valence-corrected chi connectivity index (χ2v) is 4.67. The largest absolute Gasteiger partial charge is 0.147 e. The molecule has 79 valence electrons. The summed E-state index contributed by atoms with van der Waals surface area (Å²) in [7, 11) is 0. The molecule has 0 fully saturated rings. The minimum absolute atomic E-state index is 0. The fraction of sp³-hybridized carbons (Fsp3) is 0.600. The second kappa shape index (κ2) is 4.96. The first-order chi connectivity index (χ1) is 4.89. The molecule has 0 saturated heterocycles. The van der Waals surface area contributed by atoms with Crippen LogP contribution in [0, 0.1) is 5.41 Å². The molecule has 1 aliphatic carbocycles. The number of hydrogen-bond acceptors (Lipinski definition) is 0. The van der Waals surface area contributed by atoms with Crippen molar-refractivity contribution in [3.8, 4) is 0 Å². The maximum atomic E-state index is 2.77. The minimum Gasteiger partial charge on any atom is -0.147 e. The Labute approximate surface area is 104 Å². The first-order valence-corrected chi connectivity index (χ1v) is 4.80. The normalized spacial score (nSPS) is 19.8.